The van der Waals surface area contributed by atoms with Gasteiger partial charge in [0.2, 0.25) is 0 Å². The molecular formula is C17H6Cl6N2O2. The van der Waals surface area contributed by atoms with Crippen molar-refractivity contribution in [2.75, 3.05) is 0 Å². The van der Waals surface area contributed by atoms with Gasteiger partial charge in [0.05, 0.1) is 35.1 Å². The summed E-state index contributed by atoms with van der Waals surface area (Å²) in [5, 5.41) is 12.6. The van der Waals surface area contributed by atoms with Crippen LogP contribution in [-0.2, 0) is 0 Å². The molecule has 10 heteroatoms. The van der Waals surface area contributed by atoms with Crippen molar-refractivity contribution in [3.63, 3.8) is 0 Å². The number of nitro groups is 1. The van der Waals surface area contributed by atoms with Gasteiger partial charge in [-0.1, -0.05) is 75.7 Å². The maximum atomic E-state index is 11.6. The molecule has 0 amide bonds. The van der Waals surface area contributed by atoms with Crippen molar-refractivity contribution < 1.29 is 4.92 Å². The van der Waals surface area contributed by atoms with Crippen molar-refractivity contribution in [2.24, 2.45) is 0 Å². The molecule has 2 aromatic carbocycles. The lowest BCUT2D eigenvalue weighted by atomic mass is 10.0. The molecule has 3 aromatic rings. The van der Waals surface area contributed by atoms with E-state index in [0.29, 0.717) is 11.1 Å². The van der Waals surface area contributed by atoms with E-state index in [1.165, 1.54) is 24.4 Å². The first-order valence-electron chi connectivity index (χ1n) is 7.14. The molecule has 0 unspecified atom stereocenters. The Bertz CT molecular complexity index is 1090. The van der Waals surface area contributed by atoms with Gasteiger partial charge in [-0.25, -0.2) is 4.98 Å². The number of nitrogens with zero attached hydrogens (tertiary/aromatic N) is 2. The van der Waals surface area contributed by atoms with Crippen molar-refractivity contribution in [3.05, 3.63) is 76.8 Å². The molecule has 138 valence electrons. The highest BCUT2D eigenvalue weighted by Gasteiger charge is 2.23. The summed E-state index contributed by atoms with van der Waals surface area (Å²) in [7, 11) is 0. The van der Waals surface area contributed by atoms with Crippen molar-refractivity contribution in [2.45, 2.75) is 0 Å². The normalized spacial score (nSPS) is 10.9. The number of hydrogen-bond donors (Lipinski definition) is 0. The second-order valence-electron chi connectivity index (χ2n) is 5.29. The molecule has 1 heterocycles. The zero-order valence-corrected chi connectivity index (χ0v) is 17.5. The molecule has 0 bridgehead atoms. The van der Waals surface area contributed by atoms with E-state index in [1.54, 1.807) is 12.1 Å². The zero-order chi connectivity index (χ0) is 19.9. The summed E-state index contributed by atoms with van der Waals surface area (Å²) < 4.78 is 0. The first-order chi connectivity index (χ1) is 12.7. The molecule has 4 nitrogen and oxygen atoms in total. The minimum absolute atomic E-state index is 0.0449. The lowest BCUT2D eigenvalue weighted by Gasteiger charge is -2.10. The zero-order valence-electron chi connectivity index (χ0n) is 12.9. The average Bonchev–Trinajstić information content (AvgIpc) is 2.64. The first-order valence-corrected chi connectivity index (χ1v) is 9.41. The summed E-state index contributed by atoms with van der Waals surface area (Å²) in [6.45, 7) is 0. The Labute approximate surface area is 183 Å². The lowest BCUT2D eigenvalue weighted by molar-refractivity contribution is -0.384. The smallest absolute Gasteiger partial charge is 0.258 e. The summed E-state index contributed by atoms with van der Waals surface area (Å²) in [6.07, 6.45) is 1.42. The lowest BCUT2D eigenvalue weighted by Crippen LogP contribution is -1.97. The molecule has 0 N–H and O–H groups in total. The van der Waals surface area contributed by atoms with Crippen molar-refractivity contribution in [3.8, 4) is 22.4 Å². The van der Waals surface area contributed by atoms with E-state index >= 15 is 0 Å². The van der Waals surface area contributed by atoms with E-state index < -0.39 is 4.92 Å². The van der Waals surface area contributed by atoms with Gasteiger partial charge in [-0.05, 0) is 18.2 Å². The van der Waals surface area contributed by atoms with Crippen LogP contribution in [0.25, 0.3) is 22.4 Å². The third-order valence-corrected chi connectivity index (χ3v) is 6.29. The molecule has 0 aliphatic rings. The molecule has 1 aromatic heterocycles. The fourth-order valence-corrected chi connectivity index (χ4v) is 3.67. The van der Waals surface area contributed by atoms with Gasteiger partial charge in [-0.15, -0.1) is 0 Å². The third kappa shape index (κ3) is 3.83. The minimum atomic E-state index is -0.573. The van der Waals surface area contributed by atoms with Crippen molar-refractivity contribution in [1.29, 1.82) is 0 Å². The van der Waals surface area contributed by atoms with Crippen molar-refractivity contribution in [1.82, 2.24) is 4.98 Å². The molecule has 0 saturated heterocycles. The largest absolute Gasteiger partial charge is 0.296 e. The van der Waals surface area contributed by atoms with E-state index in [0.717, 1.165) is 0 Å². The second-order valence-corrected chi connectivity index (χ2v) is 7.62. The predicted molar refractivity (Wildman–Crippen MR) is 112 cm³/mol. The number of hydrogen-bond acceptors (Lipinski definition) is 3. The Morgan fingerprint density at radius 3 is 1.85 bits per heavy atom. The maximum Gasteiger partial charge on any atom is 0.296 e. The Morgan fingerprint density at radius 2 is 1.30 bits per heavy atom. The van der Waals surface area contributed by atoms with Gasteiger partial charge in [0, 0.05) is 29.0 Å². The molecule has 0 atom stereocenters. The SMILES string of the molecule is O=[N+]([O-])c1cc(-c2ccc(Cl)c(Cl)c2Cl)cnc1-c1ccc(Cl)c(Cl)c1Cl. The summed E-state index contributed by atoms with van der Waals surface area (Å²) >= 11 is 36.4. The van der Waals surface area contributed by atoms with Crippen LogP contribution >= 0.6 is 69.6 Å². The first kappa shape index (κ1) is 20.5. The minimum Gasteiger partial charge on any atom is -0.258 e. The third-order valence-electron chi connectivity index (χ3n) is 3.70. The fraction of sp³-hybridized carbons (Fsp3) is 0. The van der Waals surface area contributed by atoms with E-state index in [2.05, 4.69) is 4.98 Å². The highest BCUT2D eigenvalue weighted by Crippen LogP contribution is 2.43. The van der Waals surface area contributed by atoms with E-state index in [-0.39, 0.29) is 47.1 Å². The Balaban J connectivity index is 2.22. The van der Waals surface area contributed by atoms with Crippen LogP contribution in [0.15, 0.2) is 36.5 Å². The topological polar surface area (TPSA) is 56.0 Å². The summed E-state index contributed by atoms with van der Waals surface area (Å²) in [4.78, 5) is 15.3. The number of rotatable bonds is 3. The van der Waals surface area contributed by atoms with Gasteiger partial charge in [-0.3, -0.25) is 10.1 Å². The highest BCUT2D eigenvalue weighted by atomic mass is 35.5. The quantitative estimate of drug-likeness (QED) is 0.214. The van der Waals surface area contributed by atoms with Gasteiger partial charge < -0.3 is 0 Å². The van der Waals surface area contributed by atoms with E-state index in [4.69, 9.17) is 69.6 Å². The molecule has 0 fully saturated rings. The van der Waals surface area contributed by atoms with Gasteiger partial charge in [0.1, 0.15) is 5.69 Å². The highest BCUT2D eigenvalue weighted by molar-refractivity contribution is 6.50. The summed E-state index contributed by atoms with van der Waals surface area (Å²) in [6, 6.07) is 7.47. The summed E-state index contributed by atoms with van der Waals surface area (Å²) in [5.74, 6) is 0. The van der Waals surface area contributed by atoms with Crippen LogP contribution in [-0.4, -0.2) is 9.91 Å². The molecule has 0 spiro atoms. The standard InChI is InChI=1S/C17H6Cl6N2O2/c18-10-3-1-8(13(20)15(10)22)7-5-12(25(26)27)17(24-6-7)9-2-4-11(19)16(23)14(9)21/h1-6H. The molecule has 0 aliphatic heterocycles. The number of aromatic nitrogens is 1. The monoisotopic (exact) mass is 480 g/mol. The molecule has 3 rings (SSSR count). The Morgan fingerprint density at radius 1 is 0.778 bits per heavy atom. The predicted octanol–water partition coefficient (Wildman–Crippen LogP) is 8.24. The van der Waals surface area contributed by atoms with Crippen LogP contribution in [0.5, 0.6) is 0 Å². The second kappa shape index (κ2) is 8.00. The van der Waals surface area contributed by atoms with Gasteiger partial charge in [0.15, 0.2) is 0 Å². The molecule has 27 heavy (non-hydrogen) atoms. The number of pyridine rings is 1. The van der Waals surface area contributed by atoms with Crippen molar-refractivity contribution >= 4 is 75.3 Å². The van der Waals surface area contributed by atoms with Crippen LogP contribution in [0, 0.1) is 10.1 Å². The van der Waals surface area contributed by atoms with Crippen LogP contribution in [0.1, 0.15) is 0 Å². The van der Waals surface area contributed by atoms with Gasteiger partial charge >= 0.3 is 0 Å². The van der Waals surface area contributed by atoms with Crippen LogP contribution in [0.3, 0.4) is 0 Å². The molecular weight excluding hydrogens is 477 g/mol. The van der Waals surface area contributed by atoms with Crippen LogP contribution in [0.4, 0.5) is 5.69 Å². The fourth-order valence-electron chi connectivity index (χ4n) is 2.40. The van der Waals surface area contributed by atoms with Gasteiger partial charge in [-0.2, -0.15) is 0 Å². The average molecular weight is 483 g/mol. The Hall–Kier alpha value is -1.27. The number of benzene rings is 2. The van der Waals surface area contributed by atoms with E-state index in [1.807, 2.05) is 0 Å². The van der Waals surface area contributed by atoms with Crippen LogP contribution < -0.4 is 0 Å². The summed E-state index contributed by atoms with van der Waals surface area (Å²) in [5.41, 5.74) is 0.890. The Kier molecular flexibility index (Phi) is 6.06. The molecule has 0 radical (unpaired) electrons. The van der Waals surface area contributed by atoms with E-state index in [9.17, 15) is 10.1 Å². The van der Waals surface area contributed by atoms with Crippen LogP contribution in [0.2, 0.25) is 30.1 Å². The maximum absolute atomic E-state index is 11.6. The van der Waals surface area contributed by atoms with Gasteiger partial charge in [0.25, 0.3) is 5.69 Å². The molecule has 0 saturated carbocycles. The number of halogens is 6. The molecule has 0 aliphatic carbocycles.